The second-order valence-corrected chi connectivity index (χ2v) is 7.76. The van der Waals surface area contributed by atoms with Crippen LogP contribution in [0.2, 0.25) is 0 Å². The Kier molecular flexibility index (Phi) is 6.99. The van der Waals surface area contributed by atoms with Gasteiger partial charge in [0.15, 0.2) is 0 Å². The first-order chi connectivity index (χ1) is 14.6. The molecule has 1 aliphatic heterocycles. The second-order valence-electron chi connectivity index (χ2n) is 6.85. The van der Waals surface area contributed by atoms with Gasteiger partial charge in [0, 0.05) is 24.0 Å². The van der Waals surface area contributed by atoms with Gasteiger partial charge in [0.2, 0.25) is 5.91 Å². The van der Waals surface area contributed by atoms with Gasteiger partial charge in [-0.2, -0.15) is 0 Å². The fourth-order valence-corrected chi connectivity index (χ4v) is 3.52. The highest BCUT2D eigenvalue weighted by Crippen LogP contribution is 2.26. The fourth-order valence-electron chi connectivity index (χ4n) is 3.16. The minimum Gasteiger partial charge on any atom is -0.406 e. The lowest BCUT2D eigenvalue weighted by molar-refractivity contribution is -0.274. The van der Waals surface area contributed by atoms with Crippen LogP contribution in [0.25, 0.3) is 0 Å². The van der Waals surface area contributed by atoms with Crippen molar-refractivity contribution in [1.29, 1.82) is 0 Å². The number of halogens is 4. The number of nitrogens with zero attached hydrogens (tertiary/aromatic N) is 1. The Morgan fingerprint density at radius 3 is 2.39 bits per heavy atom. The molecule has 0 bridgehead atoms. The molecule has 0 fully saturated rings. The quantitative estimate of drug-likeness (QED) is 0.556. The molecular formula is C21H18BrF3N2O4. The third kappa shape index (κ3) is 6.06. The Morgan fingerprint density at radius 1 is 1.03 bits per heavy atom. The molecule has 0 saturated carbocycles. The zero-order valence-electron chi connectivity index (χ0n) is 16.2. The molecule has 0 spiro atoms. The van der Waals surface area contributed by atoms with Crippen LogP contribution in [-0.4, -0.2) is 42.1 Å². The molecule has 1 heterocycles. The van der Waals surface area contributed by atoms with Gasteiger partial charge in [0.1, 0.15) is 5.75 Å². The Hall–Kier alpha value is -2.88. The molecule has 0 aromatic heterocycles. The van der Waals surface area contributed by atoms with E-state index >= 15 is 0 Å². The van der Waals surface area contributed by atoms with E-state index < -0.39 is 6.36 Å². The topological polar surface area (TPSA) is 75.7 Å². The van der Waals surface area contributed by atoms with Crippen molar-refractivity contribution in [2.75, 3.05) is 13.1 Å². The predicted molar refractivity (Wildman–Crippen MR) is 109 cm³/mol. The summed E-state index contributed by atoms with van der Waals surface area (Å²) in [5, 5.41) is 2.71. The molecule has 0 radical (unpaired) electrons. The van der Waals surface area contributed by atoms with E-state index in [0.29, 0.717) is 35.0 Å². The molecule has 2 aromatic rings. The molecular weight excluding hydrogens is 481 g/mol. The summed E-state index contributed by atoms with van der Waals surface area (Å²) < 4.78 is 41.0. The van der Waals surface area contributed by atoms with Gasteiger partial charge in [0.25, 0.3) is 11.8 Å². The van der Waals surface area contributed by atoms with Gasteiger partial charge < -0.3 is 10.1 Å². The summed E-state index contributed by atoms with van der Waals surface area (Å²) in [5.41, 5.74) is 1.44. The number of hydrogen-bond donors (Lipinski definition) is 1. The van der Waals surface area contributed by atoms with Gasteiger partial charge in [-0.25, -0.2) is 0 Å². The molecule has 1 aliphatic rings. The average molecular weight is 499 g/mol. The number of alkyl halides is 3. The highest BCUT2D eigenvalue weighted by atomic mass is 79.9. The minimum atomic E-state index is -4.74. The Morgan fingerprint density at radius 2 is 1.71 bits per heavy atom. The number of imide groups is 1. The maximum absolute atomic E-state index is 12.4. The highest BCUT2D eigenvalue weighted by molar-refractivity contribution is 9.10. The minimum absolute atomic E-state index is 0.134. The standard InChI is InChI=1S/C21H18BrF3N2O4/c22-14-5-8-16-17(12-14)20(30)27(19(16)29)11-1-2-18(28)26-10-9-13-3-6-15(7-4-13)31-21(23,24)25/h3-8,12H,1-2,9-11H2,(H,26,28). The van der Waals surface area contributed by atoms with Crippen molar-refractivity contribution in [2.45, 2.75) is 25.6 Å². The van der Waals surface area contributed by atoms with Gasteiger partial charge in [-0.1, -0.05) is 28.1 Å². The van der Waals surface area contributed by atoms with Crippen molar-refractivity contribution < 1.29 is 32.3 Å². The monoisotopic (exact) mass is 498 g/mol. The summed E-state index contributed by atoms with van der Waals surface area (Å²) in [6.07, 6.45) is -3.85. The Bertz CT molecular complexity index is 993. The number of hydrogen-bond acceptors (Lipinski definition) is 4. The van der Waals surface area contributed by atoms with Crippen LogP contribution in [0.1, 0.15) is 39.1 Å². The van der Waals surface area contributed by atoms with Crippen molar-refractivity contribution >= 4 is 33.7 Å². The molecule has 31 heavy (non-hydrogen) atoms. The van der Waals surface area contributed by atoms with E-state index in [9.17, 15) is 27.6 Å². The largest absolute Gasteiger partial charge is 0.573 e. The van der Waals surface area contributed by atoms with Crippen molar-refractivity contribution in [3.63, 3.8) is 0 Å². The van der Waals surface area contributed by atoms with Gasteiger partial charge >= 0.3 is 6.36 Å². The summed E-state index contributed by atoms with van der Waals surface area (Å²) >= 11 is 3.27. The first-order valence-corrected chi connectivity index (χ1v) is 10.2. The van der Waals surface area contributed by atoms with Crippen molar-refractivity contribution in [2.24, 2.45) is 0 Å². The molecule has 0 saturated heterocycles. The zero-order chi connectivity index (χ0) is 22.6. The number of amides is 3. The van der Waals surface area contributed by atoms with Crippen LogP contribution in [0.5, 0.6) is 5.75 Å². The van der Waals surface area contributed by atoms with E-state index in [1.165, 1.54) is 24.3 Å². The number of ether oxygens (including phenoxy) is 1. The third-order valence-corrected chi connectivity index (χ3v) is 5.10. The number of fused-ring (bicyclic) bond motifs is 1. The SMILES string of the molecule is O=C(CCCN1C(=O)c2ccc(Br)cc2C1=O)NCCc1ccc(OC(F)(F)F)cc1. The van der Waals surface area contributed by atoms with Crippen molar-refractivity contribution in [3.8, 4) is 5.75 Å². The summed E-state index contributed by atoms with van der Waals surface area (Å²) in [7, 11) is 0. The van der Waals surface area contributed by atoms with E-state index in [1.807, 2.05) is 0 Å². The van der Waals surface area contributed by atoms with Crippen LogP contribution < -0.4 is 10.1 Å². The van der Waals surface area contributed by atoms with Crippen LogP contribution in [0.15, 0.2) is 46.9 Å². The fraction of sp³-hybridized carbons (Fsp3) is 0.286. The van der Waals surface area contributed by atoms with Crippen molar-refractivity contribution in [1.82, 2.24) is 10.2 Å². The third-order valence-electron chi connectivity index (χ3n) is 4.61. The van der Waals surface area contributed by atoms with E-state index in [2.05, 4.69) is 26.0 Å². The summed E-state index contributed by atoms with van der Waals surface area (Å²) in [6, 6.07) is 10.3. The van der Waals surface area contributed by atoms with Gasteiger partial charge in [-0.3, -0.25) is 19.3 Å². The maximum atomic E-state index is 12.4. The molecule has 0 unspecified atom stereocenters. The van der Waals surface area contributed by atoms with Gasteiger partial charge in [0.05, 0.1) is 11.1 Å². The molecule has 2 aromatic carbocycles. The Balaban J connectivity index is 1.38. The lowest BCUT2D eigenvalue weighted by atomic mass is 10.1. The smallest absolute Gasteiger partial charge is 0.406 e. The lowest BCUT2D eigenvalue weighted by Crippen LogP contribution is -2.32. The molecule has 10 heteroatoms. The number of carbonyl (C=O) groups is 3. The first-order valence-electron chi connectivity index (χ1n) is 9.41. The average Bonchev–Trinajstić information content (AvgIpc) is 2.92. The van der Waals surface area contributed by atoms with Crippen LogP contribution in [-0.2, 0) is 11.2 Å². The normalized spacial score (nSPS) is 13.4. The van der Waals surface area contributed by atoms with E-state index in [-0.39, 0.29) is 36.4 Å². The van der Waals surface area contributed by atoms with Crippen LogP contribution in [0.4, 0.5) is 13.2 Å². The van der Waals surface area contributed by atoms with E-state index in [0.717, 1.165) is 10.5 Å². The molecule has 0 aliphatic carbocycles. The number of benzene rings is 2. The summed E-state index contributed by atoms with van der Waals surface area (Å²) in [6.45, 7) is 0.442. The predicted octanol–water partition coefficient (Wildman–Crippen LogP) is 4.08. The molecule has 6 nitrogen and oxygen atoms in total. The molecule has 1 N–H and O–H groups in total. The van der Waals surface area contributed by atoms with E-state index in [4.69, 9.17) is 0 Å². The van der Waals surface area contributed by atoms with Gasteiger partial charge in [-0.15, -0.1) is 13.2 Å². The number of carbonyl (C=O) groups excluding carboxylic acids is 3. The molecule has 3 rings (SSSR count). The van der Waals surface area contributed by atoms with E-state index in [1.54, 1.807) is 18.2 Å². The first kappa shape index (κ1) is 22.8. The number of rotatable bonds is 8. The second kappa shape index (κ2) is 9.51. The highest BCUT2D eigenvalue weighted by Gasteiger charge is 2.35. The lowest BCUT2D eigenvalue weighted by Gasteiger charge is -2.13. The van der Waals surface area contributed by atoms with Crippen molar-refractivity contribution in [3.05, 3.63) is 63.6 Å². The summed E-state index contributed by atoms with van der Waals surface area (Å²) in [5.74, 6) is -1.29. The number of nitrogens with one attached hydrogen (secondary N) is 1. The van der Waals surface area contributed by atoms with Crippen LogP contribution in [0, 0.1) is 0 Å². The van der Waals surface area contributed by atoms with Crippen LogP contribution in [0.3, 0.4) is 0 Å². The summed E-state index contributed by atoms with van der Waals surface area (Å²) in [4.78, 5) is 37.8. The zero-order valence-corrected chi connectivity index (χ0v) is 17.8. The molecule has 0 atom stereocenters. The maximum Gasteiger partial charge on any atom is 0.573 e. The molecule has 164 valence electrons. The Labute approximate surface area is 184 Å². The van der Waals surface area contributed by atoms with Gasteiger partial charge in [-0.05, 0) is 48.7 Å². The molecule has 3 amide bonds. The van der Waals surface area contributed by atoms with Crippen LogP contribution >= 0.6 is 15.9 Å².